The molecule has 1 aromatic rings. The van der Waals surface area contributed by atoms with Crippen molar-refractivity contribution in [3.05, 3.63) is 28.2 Å². The van der Waals surface area contributed by atoms with Crippen molar-refractivity contribution in [3.8, 4) is 5.75 Å². The highest BCUT2D eigenvalue weighted by atomic mass is 79.9. The van der Waals surface area contributed by atoms with Gasteiger partial charge in [0.05, 0.1) is 0 Å². The third-order valence-electron chi connectivity index (χ3n) is 3.51. The molecule has 0 saturated carbocycles. The molecule has 4 nitrogen and oxygen atoms in total. The predicted molar refractivity (Wildman–Crippen MR) is 87.0 cm³/mol. The molecule has 1 heterocycles. The predicted octanol–water partition coefficient (Wildman–Crippen LogP) is 3.10. The Hall–Kier alpha value is -0.540. The Morgan fingerprint density at radius 3 is 2.48 bits per heavy atom. The van der Waals surface area contributed by atoms with Crippen LogP contribution in [0, 0.1) is 0 Å². The van der Waals surface area contributed by atoms with Gasteiger partial charge in [-0.2, -0.15) is 0 Å². The Morgan fingerprint density at radius 1 is 1.26 bits per heavy atom. The van der Waals surface area contributed by atoms with Crippen LogP contribution >= 0.6 is 28.3 Å². The van der Waals surface area contributed by atoms with Gasteiger partial charge in [0.2, 0.25) is 0 Å². The quantitative estimate of drug-likeness (QED) is 0.770. The van der Waals surface area contributed by atoms with Crippen LogP contribution in [0.5, 0.6) is 5.75 Å². The summed E-state index contributed by atoms with van der Waals surface area (Å²) in [5.41, 5.74) is 0.699. The van der Waals surface area contributed by atoms with Gasteiger partial charge in [-0.15, -0.1) is 25.6 Å². The molecule has 9 heteroatoms. The number of nitrogens with zero attached hydrogens (tertiary/aromatic N) is 1. The third-order valence-corrected chi connectivity index (χ3v) is 3.96. The molecule has 0 unspecified atom stereocenters. The van der Waals surface area contributed by atoms with Crippen LogP contribution in [0.1, 0.15) is 18.0 Å². The number of hydrogen-bond donors (Lipinski definition) is 2. The maximum absolute atomic E-state index is 12.4. The molecule has 1 saturated heterocycles. The minimum atomic E-state index is -4.72. The number of piperazine rings is 1. The number of rotatable bonds is 5. The van der Waals surface area contributed by atoms with Crippen LogP contribution < -0.4 is 10.1 Å². The van der Waals surface area contributed by atoms with Gasteiger partial charge in [-0.1, -0.05) is 15.9 Å². The van der Waals surface area contributed by atoms with Crippen LogP contribution in [0.15, 0.2) is 22.7 Å². The molecule has 0 aromatic heterocycles. The smallest absolute Gasteiger partial charge is 0.406 e. The number of benzene rings is 1. The van der Waals surface area contributed by atoms with Crippen molar-refractivity contribution in [2.45, 2.75) is 18.8 Å². The van der Waals surface area contributed by atoms with Crippen molar-refractivity contribution in [2.24, 2.45) is 0 Å². The monoisotopic (exact) mass is 418 g/mol. The molecule has 0 spiro atoms. The Kier molecular flexibility index (Phi) is 8.09. The van der Waals surface area contributed by atoms with Crippen LogP contribution in [-0.4, -0.2) is 49.2 Å². The molecular weight excluding hydrogens is 401 g/mol. The fourth-order valence-electron chi connectivity index (χ4n) is 2.65. The number of aliphatic hydroxyl groups is 1. The zero-order valence-electron chi connectivity index (χ0n) is 12.3. The lowest BCUT2D eigenvalue weighted by atomic mass is 10.0. The van der Waals surface area contributed by atoms with Gasteiger partial charge in [-0.05, 0) is 30.2 Å². The zero-order valence-corrected chi connectivity index (χ0v) is 14.7. The molecule has 0 bridgehead atoms. The lowest BCUT2D eigenvalue weighted by Gasteiger charge is -2.35. The lowest BCUT2D eigenvalue weighted by Crippen LogP contribution is -2.45. The molecule has 2 N–H and O–H groups in total. The van der Waals surface area contributed by atoms with E-state index in [1.807, 2.05) is 0 Å². The van der Waals surface area contributed by atoms with Crippen molar-refractivity contribution < 1.29 is 23.0 Å². The summed E-state index contributed by atoms with van der Waals surface area (Å²) in [6.07, 6.45) is -4.26. The standard InChI is InChI=1S/C14H18BrF3N2O2.ClH/c15-11-7-10(8-12(9-11)22-14(16,17)18)13(1-6-21)20-4-2-19-3-5-20;/h7-9,13,19,21H,1-6H2;1H/t13-;/m1./s1. The van der Waals surface area contributed by atoms with E-state index in [9.17, 15) is 18.3 Å². The number of nitrogens with one attached hydrogen (secondary N) is 1. The largest absolute Gasteiger partial charge is 0.573 e. The first-order chi connectivity index (χ1) is 10.4. The average molecular weight is 420 g/mol. The van der Waals surface area contributed by atoms with Gasteiger partial charge < -0.3 is 15.2 Å². The molecule has 0 radical (unpaired) electrons. The van der Waals surface area contributed by atoms with E-state index in [0.29, 0.717) is 16.5 Å². The van der Waals surface area contributed by atoms with E-state index >= 15 is 0 Å². The summed E-state index contributed by atoms with van der Waals surface area (Å²) in [6.45, 7) is 3.18. The van der Waals surface area contributed by atoms with Crippen LogP contribution in [0.3, 0.4) is 0 Å². The Balaban J connectivity index is 0.00000264. The fraction of sp³-hybridized carbons (Fsp3) is 0.571. The average Bonchev–Trinajstić information content (AvgIpc) is 2.43. The zero-order chi connectivity index (χ0) is 16.2. The van der Waals surface area contributed by atoms with Crippen molar-refractivity contribution in [1.29, 1.82) is 0 Å². The van der Waals surface area contributed by atoms with E-state index in [2.05, 4.69) is 30.9 Å². The molecule has 1 aliphatic rings. The van der Waals surface area contributed by atoms with E-state index in [-0.39, 0.29) is 30.8 Å². The second kappa shape index (κ2) is 9.08. The van der Waals surface area contributed by atoms with E-state index in [0.717, 1.165) is 26.2 Å². The van der Waals surface area contributed by atoms with Gasteiger partial charge in [0.25, 0.3) is 0 Å². The van der Waals surface area contributed by atoms with E-state index in [1.54, 1.807) is 6.07 Å². The van der Waals surface area contributed by atoms with Gasteiger partial charge in [0.15, 0.2) is 0 Å². The Bertz CT molecular complexity index is 499. The van der Waals surface area contributed by atoms with Gasteiger partial charge in [0, 0.05) is 43.3 Å². The van der Waals surface area contributed by atoms with Crippen molar-refractivity contribution in [3.63, 3.8) is 0 Å². The normalized spacial score (nSPS) is 17.4. The first kappa shape index (κ1) is 20.5. The fourth-order valence-corrected chi connectivity index (χ4v) is 3.14. The number of hydrogen-bond acceptors (Lipinski definition) is 4. The summed E-state index contributed by atoms with van der Waals surface area (Å²) in [5.74, 6) is -0.255. The van der Waals surface area contributed by atoms with Crippen molar-refractivity contribution >= 4 is 28.3 Å². The highest BCUT2D eigenvalue weighted by molar-refractivity contribution is 9.10. The molecule has 1 aromatic carbocycles. The van der Waals surface area contributed by atoms with E-state index in [4.69, 9.17) is 0 Å². The van der Waals surface area contributed by atoms with Gasteiger partial charge in [-0.25, -0.2) is 0 Å². The Morgan fingerprint density at radius 2 is 1.91 bits per heavy atom. The number of halogens is 5. The topological polar surface area (TPSA) is 44.7 Å². The minimum absolute atomic E-state index is 0. The maximum Gasteiger partial charge on any atom is 0.573 e. The van der Waals surface area contributed by atoms with Crippen LogP contribution in [0.2, 0.25) is 0 Å². The minimum Gasteiger partial charge on any atom is -0.406 e. The molecule has 2 rings (SSSR count). The number of ether oxygens (including phenoxy) is 1. The van der Waals surface area contributed by atoms with Crippen LogP contribution in [0.4, 0.5) is 13.2 Å². The van der Waals surface area contributed by atoms with Gasteiger partial charge >= 0.3 is 6.36 Å². The van der Waals surface area contributed by atoms with Crippen molar-refractivity contribution in [1.82, 2.24) is 10.2 Å². The number of aliphatic hydroxyl groups excluding tert-OH is 1. The van der Waals surface area contributed by atoms with Crippen LogP contribution in [-0.2, 0) is 0 Å². The van der Waals surface area contributed by atoms with Gasteiger partial charge in [0.1, 0.15) is 5.75 Å². The van der Waals surface area contributed by atoms with E-state index in [1.165, 1.54) is 12.1 Å². The molecular formula is C14H19BrClF3N2O2. The summed E-state index contributed by atoms with van der Waals surface area (Å²) in [7, 11) is 0. The highest BCUT2D eigenvalue weighted by Crippen LogP contribution is 2.33. The summed E-state index contributed by atoms with van der Waals surface area (Å²) in [4.78, 5) is 2.16. The second-order valence-electron chi connectivity index (χ2n) is 5.08. The molecule has 132 valence electrons. The number of alkyl halides is 3. The van der Waals surface area contributed by atoms with Crippen molar-refractivity contribution in [2.75, 3.05) is 32.8 Å². The summed E-state index contributed by atoms with van der Waals surface area (Å²) in [5, 5.41) is 12.5. The highest BCUT2D eigenvalue weighted by Gasteiger charge is 2.32. The molecule has 0 amide bonds. The maximum atomic E-state index is 12.4. The second-order valence-corrected chi connectivity index (χ2v) is 6.00. The van der Waals surface area contributed by atoms with Gasteiger partial charge in [-0.3, -0.25) is 4.90 Å². The summed E-state index contributed by atoms with van der Waals surface area (Å²) < 4.78 is 41.8. The Labute approximate surface area is 147 Å². The van der Waals surface area contributed by atoms with Crippen LogP contribution in [0.25, 0.3) is 0 Å². The lowest BCUT2D eigenvalue weighted by molar-refractivity contribution is -0.274. The summed E-state index contributed by atoms with van der Waals surface area (Å²) in [6, 6.07) is 4.30. The molecule has 1 atom stereocenters. The summed E-state index contributed by atoms with van der Waals surface area (Å²) >= 11 is 3.22. The van der Waals surface area contributed by atoms with E-state index < -0.39 is 6.36 Å². The third kappa shape index (κ3) is 6.46. The molecule has 1 aliphatic heterocycles. The molecule has 1 fully saturated rings. The first-order valence-electron chi connectivity index (χ1n) is 7.01. The first-order valence-corrected chi connectivity index (χ1v) is 7.80. The SMILES string of the molecule is Cl.OCC[C@H](c1cc(Br)cc(OC(F)(F)F)c1)N1CCNCC1. The molecule has 0 aliphatic carbocycles. The molecule has 23 heavy (non-hydrogen) atoms.